The van der Waals surface area contributed by atoms with E-state index in [2.05, 4.69) is 20.3 Å². The molecule has 0 bridgehead atoms. The molecule has 0 saturated carbocycles. The summed E-state index contributed by atoms with van der Waals surface area (Å²) in [5.74, 6) is 1.25. The van der Waals surface area contributed by atoms with Crippen LogP contribution in [0.1, 0.15) is 13.8 Å². The smallest absolute Gasteiger partial charge is 0.322 e. The molecule has 0 saturated heterocycles. The minimum atomic E-state index is 0.00113. The third-order valence-electron chi connectivity index (χ3n) is 2.43. The third-order valence-corrected chi connectivity index (χ3v) is 3.35. The highest BCUT2D eigenvalue weighted by Crippen LogP contribution is 2.33. The fourth-order valence-electron chi connectivity index (χ4n) is 1.56. The van der Waals surface area contributed by atoms with Gasteiger partial charge in [0.05, 0.1) is 18.1 Å². The van der Waals surface area contributed by atoms with Crippen LogP contribution in [0.2, 0.25) is 0 Å². The summed E-state index contributed by atoms with van der Waals surface area (Å²) in [6.07, 6.45) is 0.00113. The topological polar surface area (TPSA) is 69.2 Å². The predicted molar refractivity (Wildman–Crippen MR) is 82.3 cm³/mol. The van der Waals surface area contributed by atoms with Crippen molar-refractivity contribution in [1.82, 2.24) is 15.0 Å². The molecule has 2 aromatic rings. The van der Waals surface area contributed by atoms with E-state index in [0.717, 1.165) is 10.6 Å². The van der Waals surface area contributed by atoms with Gasteiger partial charge in [0.15, 0.2) is 0 Å². The van der Waals surface area contributed by atoms with Gasteiger partial charge in [-0.05, 0) is 37.7 Å². The van der Waals surface area contributed by atoms with Crippen LogP contribution in [0.5, 0.6) is 11.8 Å². The zero-order chi connectivity index (χ0) is 15.2. The van der Waals surface area contributed by atoms with Crippen molar-refractivity contribution >= 4 is 17.7 Å². The Balaban J connectivity index is 2.30. The quantitative estimate of drug-likeness (QED) is 0.880. The van der Waals surface area contributed by atoms with Gasteiger partial charge in [-0.15, -0.1) is 0 Å². The molecule has 1 aromatic carbocycles. The molecule has 2 rings (SSSR count). The summed E-state index contributed by atoms with van der Waals surface area (Å²) in [5.41, 5.74) is 0. The lowest BCUT2D eigenvalue weighted by Crippen LogP contribution is -2.11. The first-order valence-corrected chi connectivity index (χ1v) is 7.35. The van der Waals surface area contributed by atoms with Gasteiger partial charge in [0.2, 0.25) is 11.1 Å². The van der Waals surface area contributed by atoms with Gasteiger partial charge in [-0.3, -0.25) is 0 Å². The zero-order valence-corrected chi connectivity index (χ0v) is 13.3. The van der Waals surface area contributed by atoms with Crippen LogP contribution < -0.4 is 14.8 Å². The van der Waals surface area contributed by atoms with Crippen LogP contribution in [0.15, 0.2) is 34.3 Å². The molecule has 1 N–H and O–H groups in total. The SMILES string of the molecule is CNc1nc(OC(C)C)nc(Sc2ccccc2OC)n1. The number of para-hydroxylation sites is 1. The van der Waals surface area contributed by atoms with Gasteiger partial charge < -0.3 is 14.8 Å². The molecule has 112 valence electrons. The third kappa shape index (κ3) is 4.22. The molecule has 1 heterocycles. The van der Waals surface area contributed by atoms with E-state index in [9.17, 15) is 0 Å². The van der Waals surface area contributed by atoms with Crippen LogP contribution >= 0.6 is 11.8 Å². The Kier molecular flexibility index (Phi) is 5.21. The first kappa shape index (κ1) is 15.4. The van der Waals surface area contributed by atoms with Gasteiger partial charge in [0.25, 0.3) is 0 Å². The molecule has 0 atom stereocenters. The second-order valence-corrected chi connectivity index (χ2v) is 5.40. The van der Waals surface area contributed by atoms with Crippen molar-refractivity contribution in [2.75, 3.05) is 19.5 Å². The Morgan fingerprint density at radius 2 is 1.90 bits per heavy atom. The van der Waals surface area contributed by atoms with Gasteiger partial charge >= 0.3 is 6.01 Å². The molecule has 0 amide bonds. The summed E-state index contributed by atoms with van der Waals surface area (Å²) in [5, 5.41) is 3.46. The first-order chi connectivity index (χ1) is 10.1. The highest BCUT2D eigenvalue weighted by atomic mass is 32.2. The van der Waals surface area contributed by atoms with Gasteiger partial charge in [0.1, 0.15) is 5.75 Å². The second-order valence-electron chi connectivity index (χ2n) is 4.39. The van der Waals surface area contributed by atoms with E-state index in [4.69, 9.17) is 9.47 Å². The average Bonchev–Trinajstić information content (AvgIpc) is 2.46. The van der Waals surface area contributed by atoms with Crippen LogP contribution in [0.3, 0.4) is 0 Å². The van der Waals surface area contributed by atoms with Gasteiger partial charge in [-0.2, -0.15) is 15.0 Å². The summed E-state index contributed by atoms with van der Waals surface area (Å²) in [7, 11) is 3.39. The number of ether oxygens (including phenoxy) is 2. The van der Waals surface area contributed by atoms with E-state index < -0.39 is 0 Å². The Bertz CT molecular complexity index is 607. The summed E-state index contributed by atoms with van der Waals surface area (Å²) in [6.45, 7) is 3.85. The molecule has 0 aliphatic carbocycles. The monoisotopic (exact) mass is 306 g/mol. The fraction of sp³-hybridized carbons (Fsp3) is 0.357. The molecule has 1 aromatic heterocycles. The minimum Gasteiger partial charge on any atom is -0.496 e. The summed E-state index contributed by atoms with van der Waals surface area (Å²) in [4.78, 5) is 13.7. The Morgan fingerprint density at radius 3 is 2.57 bits per heavy atom. The Labute approximate surface area is 128 Å². The van der Waals surface area contributed by atoms with Gasteiger partial charge in [-0.1, -0.05) is 12.1 Å². The van der Waals surface area contributed by atoms with Crippen LogP contribution in [-0.4, -0.2) is 35.2 Å². The number of nitrogens with one attached hydrogen (secondary N) is 1. The van der Waals surface area contributed by atoms with E-state index in [1.165, 1.54) is 11.8 Å². The lowest BCUT2D eigenvalue weighted by atomic mass is 10.3. The molecule has 0 fully saturated rings. The maximum atomic E-state index is 5.54. The van der Waals surface area contributed by atoms with Crippen LogP contribution in [0.4, 0.5) is 5.95 Å². The molecule has 0 spiro atoms. The molecule has 0 unspecified atom stereocenters. The van der Waals surface area contributed by atoms with Crippen LogP contribution in [0, 0.1) is 0 Å². The van der Waals surface area contributed by atoms with Gasteiger partial charge in [-0.25, -0.2) is 0 Å². The Hall–Kier alpha value is -2.02. The highest BCUT2D eigenvalue weighted by molar-refractivity contribution is 7.99. The molecular weight excluding hydrogens is 288 g/mol. The van der Waals surface area contributed by atoms with E-state index >= 15 is 0 Å². The van der Waals surface area contributed by atoms with Gasteiger partial charge in [0, 0.05) is 7.05 Å². The molecule has 7 heteroatoms. The van der Waals surface area contributed by atoms with Crippen molar-refractivity contribution in [3.05, 3.63) is 24.3 Å². The maximum Gasteiger partial charge on any atom is 0.322 e. The molecule has 0 aliphatic rings. The summed E-state index contributed by atoms with van der Waals surface area (Å²) >= 11 is 1.40. The largest absolute Gasteiger partial charge is 0.496 e. The van der Waals surface area contributed by atoms with E-state index in [-0.39, 0.29) is 6.10 Å². The minimum absolute atomic E-state index is 0.00113. The van der Waals surface area contributed by atoms with Crippen molar-refractivity contribution in [2.45, 2.75) is 30.0 Å². The number of rotatable bonds is 6. The van der Waals surface area contributed by atoms with Crippen molar-refractivity contribution in [3.63, 3.8) is 0 Å². The normalized spacial score (nSPS) is 10.5. The van der Waals surface area contributed by atoms with Crippen LogP contribution in [0.25, 0.3) is 0 Å². The maximum absolute atomic E-state index is 5.54. The van der Waals surface area contributed by atoms with E-state index in [0.29, 0.717) is 17.1 Å². The van der Waals surface area contributed by atoms with Crippen molar-refractivity contribution < 1.29 is 9.47 Å². The molecule has 0 aliphatic heterocycles. The number of aromatic nitrogens is 3. The van der Waals surface area contributed by atoms with E-state index in [1.54, 1.807) is 14.2 Å². The lowest BCUT2D eigenvalue weighted by Gasteiger charge is -2.11. The number of hydrogen-bond donors (Lipinski definition) is 1. The zero-order valence-electron chi connectivity index (χ0n) is 12.5. The predicted octanol–water partition coefficient (Wildman–Crippen LogP) is 2.86. The van der Waals surface area contributed by atoms with Crippen molar-refractivity contribution in [3.8, 4) is 11.8 Å². The van der Waals surface area contributed by atoms with Crippen molar-refractivity contribution in [2.24, 2.45) is 0 Å². The lowest BCUT2D eigenvalue weighted by molar-refractivity contribution is 0.219. The molecule has 21 heavy (non-hydrogen) atoms. The first-order valence-electron chi connectivity index (χ1n) is 6.53. The van der Waals surface area contributed by atoms with Crippen LogP contribution in [-0.2, 0) is 0 Å². The fourth-order valence-corrected chi connectivity index (χ4v) is 2.41. The number of anilines is 1. The highest BCUT2D eigenvalue weighted by Gasteiger charge is 2.11. The number of methoxy groups -OCH3 is 1. The van der Waals surface area contributed by atoms with E-state index in [1.807, 2.05) is 38.1 Å². The molecule has 6 nitrogen and oxygen atoms in total. The number of benzene rings is 1. The Morgan fingerprint density at radius 1 is 1.14 bits per heavy atom. The van der Waals surface area contributed by atoms with Crippen molar-refractivity contribution in [1.29, 1.82) is 0 Å². The standard InChI is InChI=1S/C14H18N4O2S/c1-9(2)20-13-16-12(15-3)17-14(18-13)21-11-8-6-5-7-10(11)19-4/h5-9H,1-4H3,(H,15,16,17,18). The summed E-state index contributed by atoms with van der Waals surface area (Å²) in [6, 6.07) is 8.02. The second kappa shape index (κ2) is 7.12. The molecule has 0 radical (unpaired) electrons. The average molecular weight is 306 g/mol. The molecular formula is C14H18N4O2S. The number of hydrogen-bond acceptors (Lipinski definition) is 7. The number of nitrogens with zero attached hydrogens (tertiary/aromatic N) is 3. The summed E-state index contributed by atoms with van der Waals surface area (Å²) < 4.78 is 10.9.